The van der Waals surface area contributed by atoms with Crippen molar-refractivity contribution >= 4 is 22.6 Å². The first-order chi connectivity index (χ1) is 12.8. The molecule has 4 heteroatoms. The summed E-state index contributed by atoms with van der Waals surface area (Å²) in [7, 11) is 0. The fraction of sp³-hybridized carbons (Fsp3) is 0.364. The number of hydrogen-bond acceptors (Lipinski definition) is 4. The lowest BCUT2D eigenvalue weighted by atomic mass is 10.0. The van der Waals surface area contributed by atoms with Gasteiger partial charge in [0.15, 0.2) is 0 Å². The highest BCUT2D eigenvalue weighted by Gasteiger charge is 2.07. The van der Waals surface area contributed by atoms with Gasteiger partial charge in [0, 0.05) is 5.69 Å². The van der Waals surface area contributed by atoms with Crippen molar-refractivity contribution < 1.29 is 4.42 Å². The number of unbranched alkanes of at least 4 members (excludes halogenated alkanes) is 5. The van der Waals surface area contributed by atoms with Gasteiger partial charge in [0.25, 0.3) is 0 Å². The number of para-hydroxylation sites is 1. The molecule has 3 aromatic rings. The van der Waals surface area contributed by atoms with Gasteiger partial charge in [-0.1, -0.05) is 63.3 Å². The van der Waals surface area contributed by atoms with Crippen LogP contribution in [-0.4, -0.2) is 4.98 Å². The number of nitrogens with one attached hydrogen (secondary N) is 1. The second-order valence-corrected chi connectivity index (χ2v) is 6.67. The van der Waals surface area contributed by atoms with Crippen LogP contribution in [0.1, 0.15) is 51.0 Å². The van der Waals surface area contributed by atoms with Gasteiger partial charge in [-0.2, -0.15) is 4.98 Å². The van der Waals surface area contributed by atoms with Crippen LogP contribution in [0.3, 0.4) is 0 Å². The van der Waals surface area contributed by atoms with Crippen LogP contribution in [0.15, 0.2) is 57.7 Å². The van der Waals surface area contributed by atoms with E-state index in [2.05, 4.69) is 17.2 Å². The maximum Gasteiger partial charge on any atom is 0.348 e. The molecule has 1 N–H and O–H groups in total. The summed E-state index contributed by atoms with van der Waals surface area (Å²) >= 11 is 0. The maximum atomic E-state index is 12.2. The first-order valence-electron chi connectivity index (χ1n) is 9.52. The quantitative estimate of drug-likeness (QED) is 0.493. The lowest BCUT2D eigenvalue weighted by molar-refractivity contribution is 0.522. The van der Waals surface area contributed by atoms with Crippen LogP contribution in [0.2, 0.25) is 0 Å². The van der Waals surface area contributed by atoms with Gasteiger partial charge in [0.1, 0.15) is 0 Å². The number of aryl methyl sites for hydroxylation is 1. The van der Waals surface area contributed by atoms with Crippen molar-refractivity contribution in [1.82, 2.24) is 4.98 Å². The Hall–Kier alpha value is -2.62. The van der Waals surface area contributed by atoms with E-state index in [1.54, 1.807) is 0 Å². The van der Waals surface area contributed by atoms with Gasteiger partial charge in [0.05, 0.1) is 10.9 Å². The third-order valence-electron chi connectivity index (χ3n) is 4.54. The van der Waals surface area contributed by atoms with Gasteiger partial charge in [-0.05, 0) is 42.7 Å². The van der Waals surface area contributed by atoms with Crippen molar-refractivity contribution in [1.29, 1.82) is 0 Å². The minimum atomic E-state index is -0.362. The monoisotopic (exact) mass is 350 g/mol. The van der Waals surface area contributed by atoms with Gasteiger partial charge < -0.3 is 9.73 Å². The SMILES string of the molecule is CCCCCCCCc1ccc2c(=O)oc(Nc3ccccc3)nc2c1. The molecule has 0 amide bonds. The highest BCUT2D eigenvalue weighted by molar-refractivity contribution is 5.79. The van der Waals surface area contributed by atoms with E-state index in [1.165, 1.54) is 44.1 Å². The standard InChI is InChI=1S/C22H26N2O2/c1-2-3-4-5-6-8-11-17-14-15-19-20(16-17)24-22(26-21(19)25)23-18-12-9-7-10-13-18/h7,9-10,12-16H,2-6,8,11H2,1H3,(H,23,24). The van der Waals surface area contributed by atoms with Crippen LogP contribution >= 0.6 is 0 Å². The first-order valence-corrected chi connectivity index (χ1v) is 9.52. The average molecular weight is 350 g/mol. The van der Waals surface area contributed by atoms with Crippen molar-refractivity contribution in [2.45, 2.75) is 51.9 Å². The van der Waals surface area contributed by atoms with Gasteiger partial charge >= 0.3 is 11.6 Å². The van der Waals surface area contributed by atoms with Crippen LogP contribution in [0.25, 0.3) is 10.9 Å². The molecule has 1 aromatic heterocycles. The molecule has 0 aliphatic rings. The van der Waals surface area contributed by atoms with Crippen LogP contribution in [0, 0.1) is 0 Å². The fourth-order valence-corrected chi connectivity index (χ4v) is 3.08. The molecule has 0 bridgehead atoms. The second-order valence-electron chi connectivity index (χ2n) is 6.67. The van der Waals surface area contributed by atoms with Crippen molar-refractivity contribution in [2.75, 3.05) is 5.32 Å². The summed E-state index contributed by atoms with van der Waals surface area (Å²) in [4.78, 5) is 16.7. The number of anilines is 2. The van der Waals surface area contributed by atoms with E-state index >= 15 is 0 Å². The molecule has 0 fully saturated rings. The Morgan fingerprint density at radius 1 is 0.962 bits per heavy atom. The summed E-state index contributed by atoms with van der Waals surface area (Å²) in [6, 6.07) is 15.6. The molecule has 0 saturated heterocycles. The molecule has 0 aliphatic carbocycles. The number of hydrogen-bond donors (Lipinski definition) is 1. The van der Waals surface area contributed by atoms with Gasteiger partial charge in [-0.15, -0.1) is 0 Å². The molecule has 0 atom stereocenters. The molecule has 136 valence electrons. The first kappa shape index (κ1) is 18.2. The molecule has 0 saturated carbocycles. The lowest BCUT2D eigenvalue weighted by Gasteiger charge is -2.06. The molecule has 0 radical (unpaired) electrons. The van der Waals surface area contributed by atoms with Crippen molar-refractivity contribution in [2.24, 2.45) is 0 Å². The van der Waals surface area contributed by atoms with Crippen molar-refractivity contribution in [3.63, 3.8) is 0 Å². The predicted molar refractivity (Wildman–Crippen MR) is 107 cm³/mol. The van der Waals surface area contributed by atoms with E-state index in [9.17, 15) is 4.79 Å². The minimum absolute atomic E-state index is 0.227. The van der Waals surface area contributed by atoms with E-state index in [1.807, 2.05) is 48.5 Å². The fourth-order valence-electron chi connectivity index (χ4n) is 3.08. The molecular weight excluding hydrogens is 324 g/mol. The third-order valence-corrected chi connectivity index (χ3v) is 4.54. The van der Waals surface area contributed by atoms with Crippen molar-refractivity contribution in [3.05, 3.63) is 64.5 Å². The topological polar surface area (TPSA) is 55.1 Å². The van der Waals surface area contributed by atoms with E-state index in [0.717, 1.165) is 12.1 Å². The smallest absolute Gasteiger partial charge is 0.348 e. The zero-order valence-electron chi connectivity index (χ0n) is 15.3. The molecule has 0 aliphatic heterocycles. The molecule has 1 heterocycles. The highest BCUT2D eigenvalue weighted by atomic mass is 16.4. The van der Waals surface area contributed by atoms with E-state index in [0.29, 0.717) is 10.9 Å². The summed E-state index contributed by atoms with van der Waals surface area (Å²) in [5.41, 5.74) is 2.38. The number of fused-ring (bicyclic) bond motifs is 1. The summed E-state index contributed by atoms with van der Waals surface area (Å²) in [5, 5.41) is 3.57. The van der Waals surface area contributed by atoms with Crippen LogP contribution in [0.5, 0.6) is 0 Å². The molecule has 3 rings (SSSR count). The molecule has 2 aromatic carbocycles. The number of aromatic nitrogens is 1. The maximum absolute atomic E-state index is 12.2. The number of rotatable bonds is 9. The Kier molecular flexibility index (Phi) is 6.42. The molecule has 0 spiro atoms. The molecule has 0 unspecified atom stereocenters. The number of benzene rings is 2. The largest absolute Gasteiger partial charge is 0.388 e. The normalized spacial score (nSPS) is 11.0. The zero-order chi connectivity index (χ0) is 18.2. The molecule has 26 heavy (non-hydrogen) atoms. The Morgan fingerprint density at radius 2 is 1.73 bits per heavy atom. The lowest BCUT2D eigenvalue weighted by Crippen LogP contribution is -2.05. The van der Waals surface area contributed by atoms with Gasteiger partial charge in [-0.25, -0.2) is 4.79 Å². The van der Waals surface area contributed by atoms with Gasteiger partial charge in [-0.3, -0.25) is 0 Å². The summed E-state index contributed by atoms with van der Waals surface area (Å²) in [6.45, 7) is 2.24. The van der Waals surface area contributed by atoms with E-state index < -0.39 is 0 Å². The summed E-state index contributed by atoms with van der Waals surface area (Å²) in [6.07, 6.45) is 8.67. The third kappa shape index (κ3) is 4.94. The summed E-state index contributed by atoms with van der Waals surface area (Å²) in [5.74, 6) is 0. The van der Waals surface area contributed by atoms with Crippen LogP contribution in [-0.2, 0) is 6.42 Å². The molecule has 4 nitrogen and oxygen atoms in total. The zero-order valence-corrected chi connectivity index (χ0v) is 15.3. The van der Waals surface area contributed by atoms with E-state index in [4.69, 9.17) is 4.42 Å². The number of nitrogens with zero attached hydrogens (tertiary/aromatic N) is 1. The van der Waals surface area contributed by atoms with Crippen molar-refractivity contribution in [3.8, 4) is 0 Å². The Labute approximate surface area is 154 Å². The van der Waals surface area contributed by atoms with E-state index in [-0.39, 0.29) is 11.6 Å². The second kappa shape index (κ2) is 9.18. The van der Waals surface area contributed by atoms with Crippen LogP contribution < -0.4 is 10.9 Å². The van der Waals surface area contributed by atoms with Crippen LogP contribution in [0.4, 0.5) is 11.7 Å². The summed E-state index contributed by atoms with van der Waals surface area (Å²) < 4.78 is 5.29. The average Bonchev–Trinajstić information content (AvgIpc) is 2.65. The minimum Gasteiger partial charge on any atom is -0.388 e. The predicted octanol–water partition coefficient (Wildman–Crippen LogP) is 5.83. The Balaban J connectivity index is 1.70. The van der Waals surface area contributed by atoms with Gasteiger partial charge in [0.2, 0.25) is 0 Å². The Bertz CT molecular complexity index is 888. The highest BCUT2D eigenvalue weighted by Crippen LogP contribution is 2.18. The molecular formula is C22H26N2O2. The Morgan fingerprint density at radius 3 is 2.54 bits per heavy atom.